The van der Waals surface area contributed by atoms with Gasteiger partial charge in [-0.3, -0.25) is 4.79 Å². The second-order valence-electron chi connectivity index (χ2n) is 5.44. The second-order valence-corrected chi connectivity index (χ2v) is 5.44. The fourth-order valence-electron chi connectivity index (χ4n) is 2.68. The van der Waals surface area contributed by atoms with Crippen LogP contribution in [-0.2, 0) is 11.3 Å². The van der Waals surface area contributed by atoms with Gasteiger partial charge in [-0.05, 0) is 37.1 Å². The lowest BCUT2D eigenvalue weighted by Crippen LogP contribution is -2.28. The van der Waals surface area contributed by atoms with Crippen LogP contribution in [0.1, 0.15) is 31.6 Å². The molecule has 1 fully saturated rings. The predicted octanol–water partition coefficient (Wildman–Crippen LogP) is 2.55. The largest absolute Gasteiger partial charge is 0.497 e. The summed E-state index contributed by atoms with van der Waals surface area (Å²) in [4.78, 5) is 16.3. The third-order valence-corrected chi connectivity index (χ3v) is 3.96. The van der Waals surface area contributed by atoms with E-state index in [4.69, 9.17) is 9.26 Å². The quantitative estimate of drug-likeness (QED) is 0.918. The lowest BCUT2D eigenvalue weighted by Gasteiger charge is -2.07. The number of hydrogen-bond donors (Lipinski definition) is 1. The zero-order chi connectivity index (χ0) is 15.4. The van der Waals surface area contributed by atoms with Crippen molar-refractivity contribution in [2.45, 2.75) is 32.2 Å². The van der Waals surface area contributed by atoms with E-state index < -0.39 is 0 Å². The Balaban J connectivity index is 1.59. The van der Waals surface area contributed by atoms with E-state index in [0.29, 0.717) is 11.7 Å². The van der Waals surface area contributed by atoms with Crippen LogP contribution in [0.3, 0.4) is 0 Å². The Hall–Kier alpha value is -2.37. The van der Waals surface area contributed by atoms with Gasteiger partial charge in [-0.1, -0.05) is 18.0 Å². The van der Waals surface area contributed by atoms with Crippen LogP contribution >= 0.6 is 0 Å². The molecule has 1 aromatic carbocycles. The van der Waals surface area contributed by atoms with Crippen LogP contribution in [0.4, 0.5) is 0 Å². The van der Waals surface area contributed by atoms with Crippen LogP contribution in [0, 0.1) is 5.92 Å². The molecule has 0 unspecified atom stereocenters. The van der Waals surface area contributed by atoms with Crippen molar-refractivity contribution in [3.8, 4) is 17.1 Å². The summed E-state index contributed by atoms with van der Waals surface area (Å²) in [7, 11) is 1.62. The van der Waals surface area contributed by atoms with Crippen LogP contribution in [0.25, 0.3) is 11.4 Å². The molecule has 0 atom stereocenters. The van der Waals surface area contributed by atoms with Crippen molar-refractivity contribution in [3.63, 3.8) is 0 Å². The molecule has 6 heteroatoms. The fourth-order valence-corrected chi connectivity index (χ4v) is 2.68. The van der Waals surface area contributed by atoms with Crippen molar-refractivity contribution >= 4 is 5.91 Å². The lowest BCUT2D eigenvalue weighted by molar-refractivity contribution is -0.125. The summed E-state index contributed by atoms with van der Waals surface area (Å²) < 4.78 is 10.3. The molecule has 1 saturated carbocycles. The summed E-state index contributed by atoms with van der Waals surface area (Å²) >= 11 is 0. The highest BCUT2D eigenvalue weighted by Crippen LogP contribution is 2.24. The van der Waals surface area contributed by atoms with Gasteiger partial charge in [0.15, 0.2) is 0 Å². The van der Waals surface area contributed by atoms with Crippen molar-refractivity contribution in [1.29, 1.82) is 0 Å². The molecule has 1 aliphatic carbocycles. The van der Waals surface area contributed by atoms with Crippen LogP contribution in [0.2, 0.25) is 0 Å². The number of carbonyl (C=O) groups is 1. The zero-order valence-electron chi connectivity index (χ0n) is 12.5. The maximum atomic E-state index is 12.0. The molecular weight excluding hydrogens is 282 g/mol. The lowest BCUT2D eigenvalue weighted by atomic mass is 10.1. The van der Waals surface area contributed by atoms with E-state index in [-0.39, 0.29) is 18.4 Å². The first-order valence-corrected chi connectivity index (χ1v) is 7.51. The average Bonchev–Trinajstić information content (AvgIpc) is 3.24. The molecule has 0 saturated heterocycles. The summed E-state index contributed by atoms with van der Waals surface area (Å²) in [6.07, 6.45) is 4.24. The minimum absolute atomic E-state index is 0.0849. The number of methoxy groups -OCH3 is 1. The van der Waals surface area contributed by atoms with E-state index in [1.807, 2.05) is 24.3 Å². The first-order valence-electron chi connectivity index (χ1n) is 7.51. The van der Waals surface area contributed by atoms with Gasteiger partial charge in [0, 0.05) is 11.5 Å². The van der Waals surface area contributed by atoms with Gasteiger partial charge in [0.25, 0.3) is 0 Å². The molecule has 0 spiro atoms. The average molecular weight is 301 g/mol. The van der Waals surface area contributed by atoms with Gasteiger partial charge < -0.3 is 14.6 Å². The van der Waals surface area contributed by atoms with Gasteiger partial charge in [0.2, 0.25) is 17.6 Å². The van der Waals surface area contributed by atoms with Crippen LogP contribution in [0.15, 0.2) is 28.8 Å². The Labute approximate surface area is 128 Å². The van der Waals surface area contributed by atoms with Gasteiger partial charge in [-0.25, -0.2) is 0 Å². The SMILES string of the molecule is COc1ccc(-c2noc(CNC(=O)C3CCCC3)n2)cc1. The summed E-state index contributed by atoms with van der Waals surface area (Å²) in [5, 5.41) is 6.81. The van der Waals surface area contributed by atoms with Crippen molar-refractivity contribution in [2.24, 2.45) is 5.92 Å². The molecule has 6 nitrogen and oxygen atoms in total. The maximum Gasteiger partial charge on any atom is 0.246 e. The van der Waals surface area contributed by atoms with E-state index in [2.05, 4.69) is 15.5 Å². The monoisotopic (exact) mass is 301 g/mol. The number of aromatic nitrogens is 2. The molecule has 116 valence electrons. The highest BCUT2D eigenvalue weighted by atomic mass is 16.5. The Kier molecular flexibility index (Phi) is 4.37. The molecule has 2 aromatic rings. The van der Waals surface area contributed by atoms with E-state index in [0.717, 1.165) is 37.0 Å². The Morgan fingerprint density at radius 1 is 1.32 bits per heavy atom. The zero-order valence-corrected chi connectivity index (χ0v) is 12.5. The number of benzene rings is 1. The fraction of sp³-hybridized carbons (Fsp3) is 0.438. The summed E-state index contributed by atoms with van der Waals surface area (Å²) in [6.45, 7) is 0.276. The Morgan fingerprint density at radius 3 is 2.73 bits per heavy atom. The van der Waals surface area contributed by atoms with Gasteiger partial charge in [-0.2, -0.15) is 4.98 Å². The second kappa shape index (κ2) is 6.60. The molecular formula is C16H19N3O3. The molecule has 3 rings (SSSR count). The number of rotatable bonds is 5. The summed E-state index contributed by atoms with van der Waals surface area (Å²) in [5.41, 5.74) is 0.845. The van der Waals surface area contributed by atoms with Gasteiger partial charge >= 0.3 is 0 Å². The minimum Gasteiger partial charge on any atom is -0.497 e. The molecule has 1 N–H and O–H groups in total. The molecule has 0 radical (unpaired) electrons. The number of ether oxygens (including phenoxy) is 1. The molecule has 1 aliphatic rings. The van der Waals surface area contributed by atoms with Crippen LogP contribution in [0.5, 0.6) is 5.75 Å². The van der Waals surface area contributed by atoms with E-state index >= 15 is 0 Å². The van der Waals surface area contributed by atoms with E-state index in [1.165, 1.54) is 0 Å². The van der Waals surface area contributed by atoms with Crippen LogP contribution < -0.4 is 10.1 Å². The minimum atomic E-state index is 0.0849. The molecule has 1 aromatic heterocycles. The number of hydrogen-bond acceptors (Lipinski definition) is 5. The summed E-state index contributed by atoms with van der Waals surface area (Å²) in [5.74, 6) is 1.92. The number of carbonyl (C=O) groups excluding carboxylic acids is 1. The normalized spacial score (nSPS) is 15.0. The Morgan fingerprint density at radius 2 is 2.05 bits per heavy atom. The van der Waals surface area contributed by atoms with Crippen molar-refractivity contribution in [2.75, 3.05) is 7.11 Å². The third-order valence-electron chi connectivity index (χ3n) is 3.96. The van der Waals surface area contributed by atoms with E-state index in [9.17, 15) is 4.79 Å². The molecule has 0 aliphatic heterocycles. The smallest absolute Gasteiger partial charge is 0.246 e. The third kappa shape index (κ3) is 3.27. The highest BCUT2D eigenvalue weighted by Gasteiger charge is 2.22. The Bertz CT molecular complexity index is 630. The maximum absolute atomic E-state index is 12.0. The van der Waals surface area contributed by atoms with Gasteiger partial charge in [0.1, 0.15) is 5.75 Å². The number of nitrogens with zero attached hydrogens (tertiary/aromatic N) is 2. The predicted molar refractivity (Wildman–Crippen MR) is 80.1 cm³/mol. The van der Waals surface area contributed by atoms with Crippen molar-refractivity contribution in [1.82, 2.24) is 15.5 Å². The highest BCUT2D eigenvalue weighted by molar-refractivity contribution is 5.78. The molecule has 0 bridgehead atoms. The van der Waals surface area contributed by atoms with Crippen molar-refractivity contribution in [3.05, 3.63) is 30.2 Å². The van der Waals surface area contributed by atoms with Gasteiger partial charge in [-0.15, -0.1) is 0 Å². The topological polar surface area (TPSA) is 77.3 Å². The van der Waals surface area contributed by atoms with E-state index in [1.54, 1.807) is 7.11 Å². The first-order chi connectivity index (χ1) is 10.8. The standard InChI is InChI=1S/C16H19N3O3/c1-21-13-8-6-11(7-9-13)15-18-14(22-19-15)10-17-16(20)12-4-2-3-5-12/h6-9,12H,2-5,10H2,1H3,(H,17,20). The molecule has 1 amide bonds. The van der Waals surface area contributed by atoms with Gasteiger partial charge in [0.05, 0.1) is 13.7 Å². The van der Waals surface area contributed by atoms with Crippen molar-refractivity contribution < 1.29 is 14.1 Å². The number of amides is 1. The first kappa shape index (κ1) is 14.6. The molecule has 22 heavy (non-hydrogen) atoms. The van der Waals surface area contributed by atoms with Crippen LogP contribution in [-0.4, -0.2) is 23.2 Å². The number of nitrogens with one attached hydrogen (secondary N) is 1. The molecule has 1 heterocycles. The summed E-state index contributed by atoms with van der Waals surface area (Å²) in [6, 6.07) is 7.41.